The molecule has 0 saturated heterocycles. The van der Waals surface area contributed by atoms with Crippen molar-refractivity contribution >= 4 is 11.6 Å². The third kappa shape index (κ3) is 3.20. The molecule has 1 aliphatic rings. The Morgan fingerprint density at radius 2 is 2.15 bits per heavy atom. The molecule has 104 valence electrons. The maximum atomic E-state index is 12.0. The molecule has 1 aliphatic carbocycles. The minimum absolute atomic E-state index is 0.00462. The van der Waals surface area contributed by atoms with Gasteiger partial charge in [-0.15, -0.1) is 0 Å². The summed E-state index contributed by atoms with van der Waals surface area (Å²) < 4.78 is 5.50. The molecule has 0 atom stereocenters. The Morgan fingerprint density at radius 1 is 1.30 bits per heavy atom. The molecule has 0 spiro atoms. The lowest BCUT2D eigenvalue weighted by Gasteiger charge is -2.07. The van der Waals surface area contributed by atoms with Gasteiger partial charge in [0.2, 0.25) is 0 Å². The monoisotopic (exact) mass is 270 g/mol. The van der Waals surface area contributed by atoms with Gasteiger partial charge in [0, 0.05) is 17.3 Å². The third-order valence-corrected chi connectivity index (χ3v) is 3.30. The first kappa shape index (κ1) is 12.8. The zero-order chi connectivity index (χ0) is 13.9. The summed E-state index contributed by atoms with van der Waals surface area (Å²) in [6.07, 6.45) is 2.20. The molecule has 0 unspecified atom stereocenters. The van der Waals surface area contributed by atoms with Crippen molar-refractivity contribution in [3.8, 4) is 0 Å². The van der Waals surface area contributed by atoms with Crippen molar-refractivity contribution in [2.45, 2.75) is 32.4 Å². The molecule has 20 heavy (non-hydrogen) atoms. The molecular weight excluding hydrogens is 252 g/mol. The van der Waals surface area contributed by atoms with Crippen molar-refractivity contribution in [1.29, 1.82) is 0 Å². The average Bonchev–Trinajstić information content (AvgIpc) is 3.17. The fourth-order valence-corrected chi connectivity index (χ4v) is 2.04. The van der Waals surface area contributed by atoms with Gasteiger partial charge in [0.1, 0.15) is 11.5 Å². The molecule has 1 fully saturated rings. The third-order valence-electron chi connectivity index (χ3n) is 3.30. The van der Waals surface area contributed by atoms with E-state index in [2.05, 4.69) is 10.6 Å². The summed E-state index contributed by atoms with van der Waals surface area (Å²) in [5.74, 6) is 1.79. The number of anilines is 1. The predicted molar refractivity (Wildman–Crippen MR) is 77.7 cm³/mol. The number of carbonyl (C=O) groups is 1. The fraction of sp³-hybridized carbons (Fsp3) is 0.312. The van der Waals surface area contributed by atoms with Gasteiger partial charge in [-0.1, -0.05) is 6.07 Å². The molecule has 4 heteroatoms. The first-order valence-corrected chi connectivity index (χ1v) is 6.91. The van der Waals surface area contributed by atoms with Gasteiger partial charge in [-0.3, -0.25) is 4.79 Å². The summed E-state index contributed by atoms with van der Waals surface area (Å²) in [4.78, 5) is 12.0. The van der Waals surface area contributed by atoms with Gasteiger partial charge >= 0.3 is 0 Å². The Bertz CT molecular complexity index is 614. The van der Waals surface area contributed by atoms with Crippen molar-refractivity contribution in [2.75, 3.05) is 5.32 Å². The molecular formula is C16H18N2O2. The Hall–Kier alpha value is -2.23. The van der Waals surface area contributed by atoms with Crippen LogP contribution >= 0.6 is 0 Å². The number of carbonyl (C=O) groups excluding carboxylic acids is 1. The molecule has 1 amide bonds. The Balaban J connectivity index is 1.62. The van der Waals surface area contributed by atoms with E-state index >= 15 is 0 Å². The van der Waals surface area contributed by atoms with Crippen molar-refractivity contribution in [3.63, 3.8) is 0 Å². The zero-order valence-corrected chi connectivity index (χ0v) is 11.5. The first-order chi connectivity index (χ1) is 9.70. The number of furan rings is 1. The number of hydrogen-bond donors (Lipinski definition) is 2. The number of rotatable bonds is 5. The highest BCUT2D eigenvalue weighted by Crippen LogP contribution is 2.20. The minimum atomic E-state index is 0.00462. The lowest BCUT2D eigenvalue weighted by molar-refractivity contribution is 0.0951. The zero-order valence-electron chi connectivity index (χ0n) is 11.5. The predicted octanol–water partition coefficient (Wildman–Crippen LogP) is 3.09. The van der Waals surface area contributed by atoms with E-state index in [4.69, 9.17) is 4.42 Å². The highest BCUT2D eigenvalue weighted by atomic mass is 16.3. The van der Waals surface area contributed by atoms with Crippen molar-refractivity contribution < 1.29 is 9.21 Å². The topological polar surface area (TPSA) is 54.3 Å². The summed E-state index contributed by atoms with van der Waals surface area (Å²) >= 11 is 0. The number of nitrogens with one attached hydrogen (secondary N) is 2. The van der Waals surface area contributed by atoms with E-state index in [9.17, 15) is 4.79 Å². The second-order valence-corrected chi connectivity index (χ2v) is 5.19. The molecule has 3 rings (SSSR count). The molecule has 1 aromatic heterocycles. The van der Waals surface area contributed by atoms with E-state index in [1.54, 1.807) is 0 Å². The van der Waals surface area contributed by atoms with Gasteiger partial charge in [-0.2, -0.15) is 0 Å². The average molecular weight is 270 g/mol. The number of aryl methyl sites for hydroxylation is 1. The Kier molecular flexibility index (Phi) is 3.46. The second kappa shape index (κ2) is 5.41. The van der Waals surface area contributed by atoms with Crippen molar-refractivity contribution in [3.05, 3.63) is 53.5 Å². The smallest absolute Gasteiger partial charge is 0.251 e. The Morgan fingerprint density at radius 3 is 2.85 bits per heavy atom. The lowest BCUT2D eigenvalue weighted by atomic mass is 10.2. The second-order valence-electron chi connectivity index (χ2n) is 5.19. The fourth-order valence-electron chi connectivity index (χ4n) is 2.04. The van der Waals surface area contributed by atoms with Gasteiger partial charge in [0.05, 0.1) is 6.54 Å². The number of amides is 1. The molecule has 0 bridgehead atoms. The number of benzene rings is 1. The summed E-state index contributed by atoms with van der Waals surface area (Å²) in [5.41, 5.74) is 1.61. The highest BCUT2D eigenvalue weighted by molar-refractivity contribution is 5.95. The molecule has 1 aromatic carbocycles. The van der Waals surface area contributed by atoms with Gasteiger partial charge < -0.3 is 15.1 Å². The molecule has 4 nitrogen and oxygen atoms in total. The standard InChI is InChI=1S/C16H18N2O2/c1-11-5-8-15(20-11)10-17-14-4-2-3-12(9-14)16(19)18-13-6-7-13/h2-5,8-9,13,17H,6-7,10H2,1H3,(H,18,19). The normalized spacial score (nSPS) is 14.1. The van der Waals surface area contributed by atoms with Crippen LogP contribution in [0.25, 0.3) is 0 Å². The summed E-state index contributed by atoms with van der Waals surface area (Å²) in [6.45, 7) is 2.54. The SMILES string of the molecule is Cc1ccc(CNc2cccc(C(=O)NC3CC3)c2)o1. The van der Waals surface area contributed by atoms with E-state index in [1.165, 1.54) is 0 Å². The van der Waals surface area contributed by atoms with Crippen LogP contribution in [-0.2, 0) is 6.54 Å². The van der Waals surface area contributed by atoms with Gasteiger partial charge in [-0.25, -0.2) is 0 Å². The van der Waals surface area contributed by atoms with Crippen LogP contribution in [0.1, 0.15) is 34.7 Å². The molecule has 0 radical (unpaired) electrons. The van der Waals surface area contributed by atoms with Crippen LogP contribution in [0.4, 0.5) is 5.69 Å². The molecule has 1 saturated carbocycles. The lowest BCUT2D eigenvalue weighted by Crippen LogP contribution is -2.25. The van der Waals surface area contributed by atoms with E-state index in [0.717, 1.165) is 30.0 Å². The van der Waals surface area contributed by atoms with Gasteiger partial charge in [-0.05, 0) is 50.1 Å². The van der Waals surface area contributed by atoms with Crippen LogP contribution in [0.5, 0.6) is 0 Å². The van der Waals surface area contributed by atoms with Crippen LogP contribution in [0.3, 0.4) is 0 Å². The van der Waals surface area contributed by atoms with Gasteiger partial charge in [0.25, 0.3) is 5.91 Å². The van der Waals surface area contributed by atoms with Crippen LogP contribution in [0.2, 0.25) is 0 Å². The number of hydrogen-bond acceptors (Lipinski definition) is 3. The highest BCUT2D eigenvalue weighted by Gasteiger charge is 2.23. The molecule has 1 heterocycles. The van der Waals surface area contributed by atoms with Crippen LogP contribution < -0.4 is 10.6 Å². The van der Waals surface area contributed by atoms with Gasteiger partial charge in [0.15, 0.2) is 0 Å². The van der Waals surface area contributed by atoms with E-state index < -0.39 is 0 Å². The van der Waals surface area contributed by atoms with Crippen LogP contribution in [0, 0.1) is 6.92 Å². The maximum Gasteiger partial charge on any atom is 0.251 e. The summed E-state index contributed by atoms with van der Waals surface area (Å²) in [7, 11) is 0. The van der Waals surface area contributed by atoms with E-state index in [-0.39, 0.29) is 5.91 Å². The first-order valence-electron chi connectivity index (χ1n) is 6.91. The van der Waals surface area contributed by atoms with Crippen LogP contribution in [0.15, 0.2) is 40.8 Å². The van der Waals surface area contributed by atoms with E-state index in [0.29, 0.717) is 18.2 Å². The molecule has 2 N–H and O–H groups in total. The summed E-state index contributed by atoms with van der Waals surface area (Å²) in [5, 5.41) is 6.25. The maximum absolute atomic E-state index is 12.0. The van der Waals surface area contributed by atoms with Crippen molar-refractivity contribution in [2.24, 2.45) is 0 Å². The summed E-state index contributed by atoms with van der Waals surface area (Å²) in [6, 6.07) is 11.8. The molecule has 0 aliphatic heterocycles. The largest absolute Gasteiger partial charge is 0.465 e. The molecule has 2 aromatic rings. The minimum Gasteiger partial charge on any atom is -0.465 e. The Labute approximate surface area is 118 Å². The van der Waals surface area contributed by atoms with Crippen LogP contribution in [-0.4, -0.2) is 11.9 Å². The van der Waals surface area contributed by atoms with Crippen molar-refractivity contribution in [1.82, 2.24) is 5.32 Å². The van der Waals surface area contributed by atoms with E-state index in [1.807, 2.05) is 43.3 Å². The quantitative estimate of drug-likeness (QED) is 0.877.